The van der Waals surface area contributed by atoms with Crippen molar-refractivity contribution in [3.05, 3.63) is 149 Å². The second kappa shape index (κ2) is 14.6. The van der Waals surface area contributed by atoms with E-state index in [2.05, 4.69) is 208 Å². The number of nitrogens with zero attached hydrogens (tertiary/aromatic N) is 2. The van der Waals surface area contributed by atoms with E-state index in [-0.39, 0.29) is 39.3 Å². The van der Waals surface area contributed by atoms with E-state index >= 15 is 0 Å². The topological polar surface area (TPSA) is 19.6 Å². The largest absolute Gasteiger partial charge is 0.454 e. The smallest absolute Gasteiger partial charge is 0.343 e. The van der Waals surface area contributed by atoms with Crippen molar-refractivity contribution in [1.82, 2.24) is 0 Å². The Morgan fingerprint density at radius 2 is 0.932 bits per heavy atom. The van der Waals surface area contributed by atoms with Gasteiger partial charge < -0.3 is 14.1 Å². The molecule has 6 heteroatoms. The minimum Gasteiger partial charge on any atom is -0.454 e. The maximum Gasteiger partial charge on any atom is 0.343 e. The van der Waals surface area contributed by atoms with E-state index in [0.29, 0.717) is 0 Å². The Bertz CT molecular complexity index is 4120. The summed E-state index contributed by atoms with van der Waals surface area (Å²) in [5.41, 5.74) is 21.5. The number of benzene rings is 7. The van der Waals surface area contributed by atoms with Crippen LogP contribution in [0.25, 0.3) is 63.3 Å². The van der Waals surface area contributed by atoms with E-state index in [1.165, 1.54) is 151 Å². The number of fused-ring (bicyclic) bond motifs is 16. The van der Waals surface area contributed by atoms with E-state index in [0.717, 1.165) is 23.0 Å². The van der Waals surface area contributed by atoms with Gasteiger partial charge in [-0.05, 0) is 188 Å². The van der Waals surface area contributed by atoms with Crippen LogP contribution in [0.3, 0.4) is 0 Å². The summed E-state index contributed by atoms with van der Waals surface area (Å²) in [4.78, 5) is 5.44. The molecule has 0 saturated carbocycles. The van der Waals surface area contributed by atoms with E-state index < -0.39 is 0 Å². The average molecular weight is 1000 g/mol. The Hall–Kier alpha value is -5.82. The van der Waals surface area contributed by atoms with Crippen molar-refractivity contribution in [3.63, 3.8) is 0 Å². The minimum atomic E-state index is -0.122. The fraction of sp³-hybridized carbons (Fsp3) is 0.353. The molecule has 5 aliphatic rings. The Kier molecular flexibility index (Phi) is 8.96. The van der Waals surface area contributed by atoms with Crippen molar-refractivity contribution in [2.24, 2.45) is 0 Å². The van der Waals surface area contributed by atoms with Gasteiger partial charge in [-0.1, -0.05) is 126 Å². The molecule has 0 spiro atoms. The maximum atomic E-state index is 7.39. The molecule has 0 unspecified atom stereocenters. The molecule has 2 aliphatic heterocycles. The third-order valence-electron chi connectivity index (χ3n) is 19.8. The van der Waals surface area contributed by atoms with Gasteiger partial charge in [0.25, 0.3) is 0 Å². The van der Waals surface area contributed by atoms with Crippen LogP contribution in [-0.4, -0.2) is 6.85 Å². The number of anilines is 5. The first-order valence-corrected chi connectivity index (χ1v) is 29.2. The van der Waals surface area contributed by atoms with Crippen LogP contribution in [0.2, 0.25) is 0 Å². The first-order chi connectivity index (χ1) is 35.1. The zero-order valence-electron chi connectivity index (χ0n) is 45.4. The zero-order chi connectivity index (χ0) is 51.0. The van der Waals surface area contributed by atoms with Crippen molar-refractivity contribution in [1.29, 1.82) is 0 Å². The lowest BCUT2D eigenvalue weighted by molar-refractivity contribution is 0.332. The molecule has 0 atom stereocenters. The molecule has 10 aromatic rings. The molecule has 5 heterocycles. The van der Waals surface area contributed by atoms with Crippen molar-refractivity contribution in [3.8, 4) is 11.1 Å². The molecule has 7 aromatic carbocycles. The predicted molar refractivity (Wildman–Crippen MR) is 322 cm³/mol. The van der Waals surface area contributed by atoms with Gasteiger partial charge in [-0.15, -0.1) is 22.7 Å². The summed E-state index contributed by atoms with van der Waals surface area (Å²) in [6.45, 7) is 29.5. The van der Waals surface area contributed by atoms with Crippen LogP contribution in [0.4, 0.5) is 28.4 Å². The number of thiophene rings is 2. The Morgan fingerprint density at radius 1 is 0.419 bits per heavy atom. The van der Waals surface area contributed by atoms with Gasteiger partial charge in [0.2, 0.25) is 0 Å². The lowest BCUT2D eigenvalue weighted by Gasteiger charge is -2.45. The summed E-state index contributed by atoms with van der Waals surface area (Å²) in [5, 5.41) is 6.43. The minimum absolute atomic E-state index is 0.0279. The molecule has 3 aliphatic carbocycles. The molecule has 74 heavy (non-hydrogen) atoms. The summed E-state index contributed by atoms with van der Waals surface area (Å²) >= 11 is 4.01. The highest BCUT2D eigenvalue weighted by atomic mass is 32.1. The lowest BCUT2D eigenvalue weighted by atomic mass is 9.46. The monoisotopic (exact) mass is 1000 g/mol. The van der Waals surface area contributed by atoms with Crippen molar-refractivity contribution in [2.75, 3.05) is 9.71 Å². The number of hydrogen-bond acceptors (Lipinski definition) is 5. The number of rotatable bonds is 2. The summed E-state index contributed by atoms with van der Waals surface area (Å²) in [6.07, 6.45) is 7.09. The normalized spacial score (nSPS) is 20.1. The fourth-order valence-electron chi connectivity index (χ4n) is 14.9. The molecule has 370 valence electrons. The first-order valence-electron chi connectivity index (χ1n) is 27.6. The van der Waals surface area contributed by atoms with Gasteiger partial charge in [-0.25, -0.2) is 0 Å². The van der Waals surface area contributed by atoms with Crippen molar-refractivity contribution >= 4 is 120 Å². The van der Waals surface area contributed by atoms with Gasteiger partial charge in [-0.3, -0.25) is 0 Å². The molecule has 3 nitrogen and oxygen atoms in total. The maximum absolute atomic E-state index is 7.39. The number of furan rings is 1. The van der Waals surface area contributed by atoms with E-state index in [9.17, 15) is 0 Å². The van der Waals surface area contributed by atoms with Crippen LogP contribution in [0, 0.1) is 0 Å². The highest BCUT2D eigenvalue weighted by molar-refractivity contribution is 7.32. The van der Waals surface area contributed by atoms with Crippen molar-refractivity contribution in [2.45, 2.75) is 154 Å². The SMILES string of the molecule is CC1(C)CCC(C)(C)c2cc(N3c4c(sc5cc6c(cc45)C(C)(C)CCC6(C)C)B4c5c(cc6c(oc7ccccc76)c53)-c3cc5c(cc3N4c3ccccc3)sc3cc4c(cc35)C(C)(C)CCC4(C)C)ccc21. The number of para-hydroxylation sites is 2. The van der Waals surface area contributed by atoms with Crippen molar-refractivity contribution < 1.29 is 4.42 Å². The molecule has 15 rings (SSSR count). The van der Waals surface area contributed by atoms with Crippen LogP contribution in [0.1, 0.15) is 155 Å². The number of hydrogen-bond donors (Lipinski definition) is 0. The van der Waals surface area contributed by atoms with Gasteiger partial charge in [0, 0.05) is 68.4 Å². The standard InChI is InChI=1S/C68H67BN2OS2/c1-63(2)24-25-64(3,4)48-30-39(22-23-47(48)63)70-59-46-34-50-52(68(11,12)29-27-66(50,7)8)36-56(46)74-62(59)69-58-44(32-45-40-20-16-17-21-54(40)72-61(45)60(58)70)41-31-42-43-33-49-51(67(9,10)28-26-65(49,5)6)35-55(43)73-57(42)37-53(41)71(69)38-18-14-13-15-19-38/h13-23,30-37H,24-29H2,1-12H3. The highest BCUT2D eigenvalue weighted by Gasteiger charge is 2.50. The Labute approximate surface area is 445 Å². The van der Waals surface area contributed by atoms with Crippen LogP contribution < -0.4 is 20.0 Å². The second-order valence-corrected chi connectivity index (χ2v) is 29.4. The van der Waals surface area contributed by atoms with E-state index in [4.69, 9.17) is 4.42 Å². The van der Waals surface area contributed by atoms with Crippen LogP contribution in [0.5, 0.6) is 0 Å². The highest BCUT2D eigenvalue weighted by Crippen LogP contribution is 2.58. The van der Waals surface area contributed by atoms with Gasteiger partial charge in [-0.2, -0.15) is 0 Å². The molecular weight excluding hydrogens is 936 g/mol. The third kappa shape index (κ3) is 6.07. The summed E-state index contributed by atoms with van der Waals surface area (Å²) in [5.74, 6) is 0. The molecule has 0 fully saturated rings. The summed E-state index contributed by atoms with van der Waals surface area (Å²) in [7, 11) is 0. The Morgan fingerprint density at radius 3 is 1.58 bits per heavy atom. The predicted octanol–water partition coefficient (Wildman–Crippen LogP) is 18.9. The molecule has 0 radical (unpaired) electrons. The zero-order valence-corrected chi connectivity index (χ0v) is 47.0. The molecule has 0 amide bonds. The third-order valence-corrected chi connectivity index (χ3v) is 22.1. The van der Waals surface area contributed by atoms with Crippen LogP contribution in [-0.2, 0) is 32.5 Å². The average Bonchev–Trinajstić information content (AvgIpc) is 4.09. The van der Waals surface area contributed by atoms with Crippen LogP contribution >= 0.6 is 22.7 Å². The Balaban J connectivity index is 1.12. The van der Waals surface area contributed by atoms with Gasteiger partial charge >= 0.3 is 6.85 Å². The first kappa shape index (κ1) is 45.6. The van der Waals surface area contributed by atoms with Crippen LogP contribution in [0.15, 0.2) is 120 Å². The van der Waals surface area contributed by atoms with Gasteiger partial charge in [0.05, 0.1) is 11.4 Å². The van der Waals surface area contributed by atoms with E-state index in [1.807, 2.05) is 22.7 Å². The van der Waals surface area contributed by atoms with Gasteiger partial charge in [0.15, 0.2) is 5.58 Å². The lowest BCUT2D eigenvalue weighted by Crippen LogP contribution is -2.60. The fourth-order valence-corrected chi connectivity index (χ4v) is 17.4. The van der Waals surface area contributed by atoms with E-state index in [1.54, 1.807) is 0 Å². The molecule has 0 bridgehead atoms. The summed E-state index contributed by atoms with van der Waals surface area (Å²) < 4.78 is 12.9. The molecule has 0 saturated heterocycles. The molecule has 0 N–H and O–H groups in total. The van der Waals surface area contributed by atoms with Gasteiger partial charge in [0.1, 0.15) is 5.58 Å². The molecule has 3 aromatic heterocycles. The quantitative estimate of drug-likeness (QED) is 0.161. The molecular formula is C68H67BN2OS2. The summed E-state index contributed by atoms with van der Waals surface area (Å²) in [6, 6.07) is 45.8. The second-order valence-electron chi connectivity index (χ2n) is 27.2.